The van der Waals surface area contributed by atoms with Crippen LogP contribution >= 0.6 is 22.6 Å². The van der Waals surface area contributed by atoms with Gasteiger partial charge in [-0.15, -0.1) is 0 Å². The first-order chi connectivity index (χ1) is 11.5. The molecule has 24 heavy (non-hydrogen) atoms. The summed E-state index contributed by atoms with van der Waals surface area (Å²) in [7, 11) is 0. The van der Waals surface area contributed by atoms with E-state index in [1.807, 2.05) is 24.3 Å². The topological polar surface area (TPSA) is 81.8 Å². The number of nitrogens with zero attached hydrogens (tertiary/aromatic N) is 2. The Bertz CT molecular complexity index is 919. The molecule has 0 spiro atoms. The maximum absolute atomic E-state index is 12.0. The van der Waals surface area contributed by atoms with Crippen LogP contribution in [0.4, 0.5) is 5.69 Å². The molecule has 0 N–H and O–H groups in total. The number of aliphatic imine (C=N–C) groups is 1. The van der Waals surface area contributed by atoms with Gasteiger partial charge in [-0.2, -0.15) is 0 Å². The molecule has 0 saturated carbocycles. The average molecular weight is 434 g/mol. The summed E-state index contributed by atoms with van der Waals surface area (Å²) in [6, 6.07) is 12.1. The van der Waals surface area contributed by atoms with Crippen molar-refractivity contribution in [2.75, 3.05) is 0 Å². The van der Waals surface area contributed by atoms with E-state index < -0.39 is 10.9 Å². The monoisotopic (exact) mass is 434 g/mol. The van der Waals surface area contributed by atoms with E-state index in [1.165, 1.54) is 12.1 Å². The van der Waals surface area contributed by atoms with Crippen molar-refractivity contribution in [2.45, 2.75) is 6.92 Å². The number of rotatable bonds is 3. The standard InChI is InChI=1S/C17H11IN2O4/c1-10-8-12(6-7-15(10)20(22)23)16-19-14(17(21)24-16)9-11-4-2-3-5-13(11)18/h2-9H,1H3/b14-9-. The molecule has 7 heteroatoms. The Morgan fingerprint density at radius 1 is 1.25 bits per heavy atom. The third kappa shape index (κ3) is 3.21. The lowest BCUT2D eigenvalue weighted by atomic mass is 10.1. The van der Waals surface area contributed by atoms with Gasteiger partial charge in [0.25, 0.3) is 5.69 Å². The number of nitro groups is 1. The summed E-state index contributed by atoms with van der Waals surface area (Å²) < 4.78 is 6.19. The van der Waals surface area contributed by atoms with Gasteiger partial charge in [-0.3, -0.25) is 10.1 Å². The number of carbonyl (C=O) groups is 1. The number of halogens is 1. The van der Waals surface area contributed by atoms with Crippen LogP contribution in [-0.2, 0) is 9.53 Å². The lowest BCUT2D eigenvalue weighted by molar-refractivity contribution is -0.385. The third-order valence-electron chi connectivity index (χ3n) is 3.46. The lowest BCUT2D eigenvalue weighted by Crippen LogP contribution is -2.06. The molecular weight excluding hydrogens is 423 g/mol. The van der Waals surface area contributed by atoms with Crippen LogP contribution in [0.15, 0.2) is 53.2 Å². The summed E-state index contributed by atoms with van der Waals surface area (Å²) in [4.78, 5) is 26.7. The molecule has 0 bridgehead atoms. The minimum absolute atomic E-state index is 0.0123. The molecule has 0 aliphatic carbocycles. The van der Waals surface area contributed by atoms with E-state index in [-0.39, 0.29) is 17.3 Å². The Balaban J connectivity index is 1.96. The number of benzene rings is 2. The molecular formula is C17H11IN2O4. The van der Waals surface area contributed by atoms with Crippen molar-refractivity contribution in [3.05, 3.63) is 78.5 Å². The summed E-state index contributed by atoms with van der Waals surface area (Å²) in [5.74, 6) is -0.393. The van der Waals surface area contributed by atoms with Crippen LogP contribution in [0.1, 0.15) is 16.7 Å². The van der Waals surface area contributed by atoms with Crippen molar-refractivity contribution in [1.29, 1.82) is 0 Å². The molecule has 2 aromatic carbocycles. The highest BCUT2D eigenvalue weighted by Crippen LogP contribution is 2.24. The van der Waals surface area contributed by atoms with Gasteiger partial charge in [-0.05, 0) is 59.4 Å². The highest BCUT2D eigenvalue weighted by atomic mass is 127. The quantitative estimate of drug-likeness (QED) is 0.242. The van der Waals surface area contributed by atoms with E-state index >= 15 is 0 Å². The van der Waals surface area contributed by atoms with Gasteiger partial charge in [0.05, 0.1) is 4.92 Å². The number of ether oxygens (including phenoxy) is 1. The summed E-state index contributed by atoms with van der Waals surface area (Å²) >= 11 is 2.18. The maximum Gasteiger partial charge on any atom is 0.363 e. The fourth-order valence-electron chi connectivity index (χ4n) is 2.27. The highest BCUT2D eigenvalue weighted by molar-refractivity contribution is 14.1. The first-order valence-corrected chi connectivity index (χ1v) is 8.06. The molecule has 3 rings (SSSR count). The minimum Gasteiger partial charge on any atom is -0.402 e. The van der Waals surface area contributed by atoms with E-state index in [1.54, 1.807) is 19.1 Å². The molecule has 0 fully saturated rings. The molecule has 0 unspecified atom stereocenters. The number of aryl methyl sites for hydroxylation is 1. The number of hydrogen-bond acceptors (Lipinski definition) is 5. The Hall–Kier alpha value is -2.55. The molecule has 0 aromatic heterocycles. The minimum atomic E-state index is -0.541. The third-order valence-corrected chi connectivity index (χ3v) is 4.44. The van der Waals surface area contributed by atoms with E-state index in [0.717, 1.165) is 9.13 Å². The molecule has 120 valence electrons. The second kappa shape index (κ2) is 6.52. The lowest BCUT2D eigenvalue weighted by Gasteiger charge is -2.01. The van der Waals surface area contributed by atoms with Crippen LogP contribution < -0.4 is 0 Å². The molecule has 1 aliphatic heterocycles. The zero-order chi connectivity index (χ0) is 17.3. The zero-order valence-corrected chi connectivity index (χ0v) is 14.7. The van der Waals surface area contributed by atoms with Crippen LogP contribution in [0, 0.1) is 20.6 Å². The van der Waals surface area contributed by atoms with E-state index in [0.29, 0.717) is 11.1 Å². The molecule has 2 aromatic rings. The molecule has 1 heterocycles. The van der Waals surface area contributed by atoms with Gasteiger partial charge in [-0.25, -0.2) is 9.79 Å². The second-order valence-electron chi connectivity index (χ2n) is 5.12. The molecule has 0 radical (unpaired) electrons. The fraction of sp³-hybridized carbons (Fsp3) is 0.0588. The Labute approximate surface area is 151 Å². The maximum atomic E-state index is 12.0. The van der Waals surface area contributed by atoms with Crippen molar-refractivity contribution >= 4 is 46.2 Å². The number of nitro benzene ring substituents is 1. The van der Waals surface area contributed by atoms with Gasteiger partial charge in [0, 0.05) is 20.8 Å². The fourth-order valence-corrected chi connectivity index (χ4v) is 2.81. The SMILES string of the molecule is Cc1cc(C2=N/C(=C\c3ccccc3I)C(=O)O2)ccc1[N+](=O)[O-]. The van der Waals surface area contributed by atoms with Gasteiger partial charge >= 0.3 is 5.97 Å². The van der Waals surface area contributed by atoms with Crippen LogP contribution in [0.2, 0.25) is 0 Å². The second-order valence-corrected chi connectivity index (χ2v) is 6.28. The molecule has 6 nitrogen and oxygen atoms in total. The number of esters is 1. The Morgan fingerprint density at radius 3 is 2.67 bits per heavy atom. The van der Waals surface area contributed by atoms with Crippen molar-refractivity contribution in [3.63, 3.8) is 0 Å². The Morgan fingerprint density at radius 2 is 2.00 bits per heavy atom. The van der Waals surface area contributed by atoms with E-state index in [9.17, 15) is 14.9 Å². The normalized spacial score (nSPS) is 15.3. The summed E-state index contributed by atoms with van der Waals surface area (Å²) in [5.41, 5.74) is 2.09. The largest absolute Gasteiger partial charge is 0.402 e. The van der Waals surface area contributed by atoms with Crippen LogP contribution in [-0.4, -0.2) is 16.8 Å². The number of cyclic esters (lactones) is 1. The summed E-state index contributed by atoms with van der Waals surface area (Å²) in [6.45, 7) is 1.63. The predicted octanol–water partition coefficient (Wildman–Crippen LogP) is 3.85. The summed E-state index contributed by atoms with van der Waals surface area (Å²) in [5, 5.41) is 10.9. The Kier molecular flexibility index (Phi) is 4.43. The van der Waals surface area contributed by atoms with Gasteiger partial charge in [-0.1, -0.05) is 18.2 Å². The first kappa shape index (κ1) is 16.3. The van der Waals surface area contributed by atoms with Crippen molar-refractivity contribution in [1.82, 2.24) is 0 Å². The number of hydrogen-bond donors (Lipinski definition) is 0. The zero-order valence-electron chi connectivity index (χ0n) is 12.5. The van der Waals surface area contributed by atoms with Gasteiger partial charge in [0.15, 0.2) is 5.70 Å². The molecule has 0 atom stereocenters. The molecule has 0 saturated heterocycles. The highest BCUT2D eigenvalue weighted by Gasteiger charge is 2.25. The van der Waals surface area contributed by atoms with Crippen molar-refractivity contribution in [3.8, 4) is 0 Å². The number of carbonyl (C=O) groups excluding carboxylic acids is 1. The van der Waals surface area contributed by atoms with Crippen LogP contribution in [0.3, 0.4) is 0 Å². The van der Waals surface area contributed by atoms with Gasteiger partial charge < -0.3 is 4.74 Å². The van der Waals surface area contributed by atoms with E-state index in [2.05, 4.69) is 27.6 Å². The smallest absolute Gasteiger partial charge is 0.363 e. The molecule has 0 amide bonds. The van der Waals surface area contributed by atoms with Gasteiger partial charge in [0.2, 0.25) is 5.90 Å². The van der Waals surface area contributed by atoms with Gasteiger partial charge in [0.1, 0.15) is 0 Å². The average Bonchev–Trinajstić information content (AvgIpc) is 2.90. The first-order valence-electron chi connectivity index (χ1n) is 6.98. The van der Waals surface area contributed by atoms with Crippen LogP contribution in [0.5, 0.6) is 0 Å². The van der Waals surface area contributed by atoms with Crippen LogP contribution in [0.25, 0.3) is 6.08 Å². The molecule has 1 aliphatic rings. The van der Waals surface area contributed by atoms with E-state index in [4.69, 9.17) is 4.74 Å². The van der Waals surface area contributed by atoms with Crippen molar-refractivity contribution < 1.29 is 14.5 Å². The van der Waals surface area contributed by atoms with Crippen molar-refractivity contribution in [2.24, 2.45) is 4.99 Å². The summed E-state index contributed by atoms with van der Waals surface area (Å²) in [6.07, 6.45) is 1.66. The predicted molar refractivity (Wildman–Crippen MR) is 97.6 cm³/mol.